The van der Waals surface area contributed by atoms with Gasteiger partial charge in [-0.05, 0) is 55.3 Å². The maximum absolute atomic E-state index is 12.6. The van der Waals surface area contributed by atoms with Gasteiger partial charge in [-0.2, -0.15) is 0 Å². The molecular formula is C22H18N2O4S. The highest BCUT2D eigenvalue weighted by atomic mass is 32.1. The van der Waals surface area contributed by atoms with Crippen LogP contribution in [0.15, 0.2) is 57.1 Å². The van der Waals surface area contributed by atoms with E-state index in [4.69, 9.17) is 9.15 Å². The molecule has 0 saturated heterocycles. The van der Waals surface area contributed by atoms with E-state index in [0.29, 0.717) is 21.9 Å². The fraction of sp³-hybridized carbons (Fsp3) is 0.136. The number of carbonyl (C=O) groups excluding carboxylic acids is 1. The van der Waals surface area contributed by atoms with Crippen molar-refractivity contribution in [1.82, 2.24) is 4.98 Å². The van der Waals surface area contributed by atoms with Gasteiger partial charge in [-0.3, -0.25) is 10.1 Å². The fourth-order valence-corrected chi connectivity index (χ4v) is 3.63. The highest BCUT2D eigenvalue weighted by Gasteiger charge is 2.16. The Kier molecular flexibility index (Phi) is 4.90. The molecule has 2 aromatic heterocycles. The summed E-state index contributed by atoms with van der Waals surface area (Å²) in [5.41, 5.74) is 3.71. The highest BCUT2D eigenvalue weighted by molar-refractivity contribution is 7.14. The molecule has 1 N–H and O–H groups in total. The van der Waals surface area contributed by atoms with Gasteiger partial charge in [0.2, 0.25) is 0 Å². The second-order valence-electron chi connectivity index (χ2n) is 6.64. The number of rotatable bonds is 4. The van der Waals surface area contributed by atoms with E-state index in [1.807, 2.05) is 24.4 Å². The molecule has 1 amide bonds. The predicted octanol–water partition coefficient (Wildman–Crippen LogP) is 4.79. The van der Waals surface area contributed by atoms with E-state index in [2.05, 4.69) is 23.3 Å². The Hall–Kier alpha value is -3.45. The topological polar surface area (TPSA) is 81.4 Å². The fourth-order valence-electron chi connectivity index (χ4n) is 2.92. The van der Waals surface area contributed by atoms with Gasteiger partial charge in [-0.25, -0.2) is 9.78 Å². The standard InChI is InChI=1S/C22H18N2O4S/c1-12-4-5-14(8-13(12)2)18-11-29-22(23-18)24-20(25)17-10-15-9-16(27-3)6-7-19(15)28-21(17)26/h4-11H,1-3H3,(H,23,24,25). The number of nitrogens with one attached hydrogen (secondary N) is 1. The molecule has 0 saturated carbocycles. The second kappa shape index (κ2) is 7.52. The summed E-state index contributed by atoms with van der Waals surface area (Å²) < 4.78 is 10.4. The Morgan fingerprint density at radius 1 is 1.10 bits per heavy atom. The lowest BCUT2D eigenvalue weighted by Crippen LogP contribution is -2.20. The zero-order valence-electron chi connectivity index (χ0n) is 16.1. The molecule has 0 spiro atoms. The number of carbonyl (C=O) groups is 1. The van der Waals surface area contributed by atoms with Crippen LogP contribution >= 0.6 is 11.3 Å². The molecule has 0 unspecified atom stereocenters. The molecule has 0 radical (unpaired) electrons. The van der Waals surface area contributed by atoms with Crippen LogP contribution in [-0.2, 0) is 0 Å². The van der Waals surface area contributed by atoms with Crippen molar-refractivity contribution in [1.29, 1.82) is 0 Å². The molecule has 2 aromatic carbocycles. The Labute approximate surface area is 170 Å². The van der Waals surface area contributed by atoms with Crippen LogP contribution in [-0.4, -0.2) is 18.0 Å². The molecule has 0 aliphatic carbocycles. The maximum Gasteiger partial charge on any atom is 0.349 e. The number of aryl methyl sites for hydroxylation is 2. The van der Waals surface area contributed by atoms with E-state index in [-0.39, 0.29) is 5.56 Å². The van der Waals surface area contributed by atoms with Crippen molar-refractivity contribution in [3.8, 4) is 17.0 Å². The summed E-state index contributed by atoms with van der Waals surface area (Å²) in [5.74, 6) is 0.0418. The number of nitrogens with zero attached hydrogens (tertiary/aromatic N) is 1. The third kappa shape index (κ3) is 3.77. The number of thiazole rings is 1. The molecule has 2 heterocycles. The summed E-state index contributed by atoms with van der Waals surface area (Å²) in [5, 5.41) is 5.57. The van der Waals surface area contributed by atoms with Gasteiger partial charge in [0, 0.05) is 16.3 Å². The van der Waals surface area contributed by atoms with Crippen LogP contribution in [0.3, 0.4) is 0 Å². The molecule has 0 aliphatic heterocycles. The smallest absolute Gasteiger partial charge is 0.349 e. The summed E-state index contributed by atoms with van der Waals surface area (Å²) in [6.07, 6.45) is 0. The maximum atomic E-state index is 12.6. The molecule has 4 rings (SSSR count). The molecule has 7 heteroatoms. The minimum Gasteiger partial charge on any atom is -0.497 e. The number of amides is 1. The number of methoxy groups -OCH3 is 1. The number of hydrogen-bond donors (Lipinski definition) is 1. The van der Waals surface area contributed by atoms with Crippen LogP contribution in [0.25, 0.3) is 22.2 Å². The van der Waals surface area contributed by atoms with Gasteiger partial charge < -0.3 is 9.15 Å². The SMILES string of the molecule is COc1ccc2oc(=O)c(C(=O)Nc3nc(-c4ccc(C)c(C)c4)cs3)cc2c1. The molecule has 0 atom stereocenters. The van der Waals surface area contributed by atoms with Crippen LogP contribution < -0.4 is 15.7 Å². The third-order valence-electron chi connectivity index (χ3n) is 4.71. The lowest BCUT2D eigenvalue weighted by Gasteiger charge is -2.04. The van der Waals surface area contributed by atoms with Gasteiger partial charge in [-0.15, -0.1) is 11.3 Å². The lowest BCUT2D eigenvalue weighted by atomic mass is 10.1. The molecule has 0 fully saturated rings. The van der Waals surface area contributed by atoms with Crippen molar-refractivity contribution >= 4 is 33.3 Å². The predicted molar refractivity (Wildman–Crippen MR) is 114 cm³/mol. The second-order valence-corrected chi connectivity index (χ2v) is 7.50. The van der Waals surface area contributed by atoms with Gasteiger partial charge in [0.1, 0.15) is 16.9 Å². The summed E-state index contributed by atoms with van der Waals surface area (Å²) in [4.78, 5) is 29.4. The summed E-state index contributed by atoms with van der Waals surface area (Å²) in [7, 11) is 1.55. The van der Waals surface area contributed by atoms with Crippen LogP contribution in [0.5, 0.6) is 5.75 Å². The lowest BCUT2D eigenvalue weighted by molar-refractivity contribution is 0.102. The minimum absolute atomic E-state index is 0.0892. The van der Waals surface area contributed by atoms with E-state index in [0.717, 1.165) is 11.3 Å². The molecule has 6 nitrogen and oxygen atoms in total. The summed E-state index contributed by atoms with van der Waals surface area (Å²) in [6.45, 7) is 4.10. The van der Waals surface area contributed by atoms with Crippen molar-refractivity contribution < 1.29 is 13.9 Å². The zero-order chi connectivity index (χ0) is 20.5. The largest absolute Gasteiger partial charge is 0.497 e. The van der Waals surface area contributed by atoms with Gasteiger partial charge in [0.05, 0.1) is 12.8 Å². The van der Waals surface area contributed by atoms with Gasteiger partial charge in [0.15, 0.2) is 5.13 Å². The number of ether oxygens (including phenoxy) is 1. The normalized spacial score (nSPS) is 10.9. The van der Waals surface area contributed by atoms with Crippen LogP contribution in [0, 0.1) is 13.8 Å². The molecular weight excluding hydrogens is 388 g/mol. The number of hydrogen-bond acceptors (Lipinski definition) is 6. The molecule has 4 aromatic rings. The van der Waals surface area contributed by atoms with Crippen LogP contribution in [0.2, 0.25) is 0 Å². The van der Waals surface area contributed by atoms with E-state index in [1.54, 1.807) is 25.3 Å². The Bertz CT molecular complexity index is 1290. The Balaban J connectivity index is 1.61. The van der Waals surface area contributed by atoms with Crippen LogP contribution in [0.4, 0.5) is 5.13 Å². The zero-order valence-corrected chi connectivity index (χ0v) is 16.9. The first-order valence-electron chi connectivity index (χ1n) is 8.91. The van der Waals surface area contributed by atoms with Crippen molar-refractivity contribution in [2.75, 3.05) is 12.4 Å². The molecule has 0 aliphatic rings. The quantitative estimate of drug-likeness (QED) is 0.493. The summed E-state index contributed by atoms with van der Waals surface area (Å²) in [6, 6.07) is 12.6. The number of anilines is 1. The highest BCUT2D eigenvalue weighted by Crippen LogP contribution is 2.27. The molecule has 29 heavy (non-hydrogen) atoms. The first-order valence-corrected chi connectivity index (χ1v) is 9.79. The average Bonchev–Trinajstić information content (AvgIpc) is 3.17. The number of benzene rings is 2. The molecule has 146 valence electrons. The Morgan fingerprint density at radius 2 is 1.93 bits per heavy atom. The van der Waals surface area contributed by atoms with E-state index in [1.165, 1.54) is 28.5 Å². The third-order valence-corrected chi connectivity index (χ3v) is 5.47. The van der Waals surface area contributed by atoms with Crippen molar-refractivity contribution in [3.63, 3.8) is 0 Å². The van der Waals surface area contributed by atoms with Gasteiger partial charge >= 0.3 is 5.63 Å². The number of aromatic nitrogens is 1. The van der Waals surface area contributed by atoms with Crippen molar-refractivity contribution in [2.24, 2.45) is 0 Å². The Morgan fingerprint density at radius 3 is 2.69 bits per heavy atom. The summed E-state index contributed by atoms with van der Waals surface area (Å²) >= 11 is 1.30. The molecule has 0 bridgehead atoms. The minimum atomic E-state index is -0.703. The average molecular weight is 406 g/mol. The van der Waals surface area contributed by atoms with E-state index >= 15 is 0 Å². The van der Waals surface area contributed by atoms with Crippen molar-refractivity contribution in [3.05, 3.63) is 75.0 Å². The van der Waals surface area contributed by atoms with E-state index in [9.17, 15) is 9.59 Å². The first kappa shape index (κ1) is 18.9. The van der Waals surface area contributed by atoms with Crippen LogP contribution in [0.1, 0.15) is 21.5 Å². The van der Waals surface area contributed by atoms with E-state index < -0.39 is 11.5 Å². The van der Waals surface area contributed by atoms with Crippen molar-refractivity contribution in [2.45, 2.75) is 13.8 Å². The first-order chi connectivity index (χ1) is 13.9. The monoisotopic (exact) mass is 406 g/mol. The number of fused-ring (bicyclic) bond motifs is 1. The van der Waals surface area contributed by atoms with Gasteiger partial charge in [-0.1, -0.05) is 12.1 Å². The van der Waals surface area contributed by atoms with Gasteiger partial charge in [0.25, 0.3) is 5.91 Å².